The van der Waals surface area contributed by atoms with Gasteiger partial charge in [-0.25, -0.2) is 9.37 Å². The molecule has 146 valence electrons. The molecule has 28 heavy (non-hydrogen) atoms. The Hall–Kier alpha value is -2.93. The second-order valence-electron chi connectivity index (χ2n) is 5.97. The lowest BCUT2D eigenvalue weighted by atomic mass is 10.1. The third-order valence-corrected chi connectivity index (χ3v) is 5.06. The summed E-state index contributed by atoms with van der Waals surface area (Å²) >= 11 is 1.45. The zero-order valence-electron chi connectivity index (χ0n) is 15.6. The number of carbonyl (C=O) groups is 1. The Bertz CT molecular complexity index is 957. The Balaban J connectivity index is 1.56. The molecule has 0 aliphatic heterocycles. The van der Waals surface area contributed by atoms with E-state index in [2.05, 4.69) is 4.98 Å². The average Bonchev–Trinajstić information content (AvgIpc) is 3.20. The predicted molar refractivity (Wildman–Crippen MR) is 105 cm³/mol. The van der Waals surface area contributed by atoms with Crippen molar-refractivity contribution >= 4 is 17.3 Å². The standard InChI is InChI=1S/C21H20FNO4S/c1-25-18-9-7-15(11-19(18)26-2)21-23-16(13-28-21)12-27-20(24)10-8-14-5-3-4-6-17(14)22/h3-7,9,11,13H,8,10,12H2,1-2H3. The van der Waals surface area contributed by atoms with Gasteiger partial charge in [0.1, 0.15) is 17.4 Å². The summed E-state index contributed by atoms with van der Waals surface area (Å²) in [4.78, 5) is 16.4. The van der Waals surface area contributed by atoms with Crippen LogP contribution in [0.15, 0.2) is 47.8 Å². The van der Waals surface area contributed by atoms with E-state index < -0.39 is 0 Å². The van der Waals surface area contributed by atoms with Gasteiger partial charge in [-0.3, -0.25) is 4.79 Å². The SMILES string of the molecule is COc1ccc(-c2nc(COC(=O)CCc3ccccc3F)cs2)cc1OC. The highest BCUT2D eigenvalue weighted by Gasteiger charge is 2.12. The first-order valence-corrected chi connectivity index (χ1v) is 9.54. The molecule has 1 aromatic heterocycles. The van der Waals surface area contributed by atoms with Crippen molar-refractivity contribution in [2.75, 3.05) is 14.2 Å². The van der Waals surface area contributed by atoms with Crippen LogP contribution in [0, 0.1) is 5.82 Å². The molecule has 0 unspecified atom stereocenters. The second-order valence-corrected chi connectivity index (χ2v) is 6.82. The van der Waals surface area contributed by atoms with Gasteiger partial charge in [0.25, 0.3) is 0 Å². The van der Waals surface area contributed by atoms with Crippen molar-refractivity contribution in [1.82, 2.24) is 4.98 Å². The van der Waals surface area contributed by atoms with E-state index in [0.29, 0.717) is 29.2 Å². The van der Waals surface area contributed by atoms with Crippen LogP contribution >= 0.6 is 11.3 Å². The summed E-state index contributed by atoms with van der Waals surface area (Å²) in [5.41, 5.74) is 2.05. The van der Waals surface area contributed by atoms with Crippen molar-refractivity contribution in [1.29, 1.82) is 0 Å². The monoisotopic (exact) mass is 401 g/mol. The predicted octanol–water partition coefficient (Wildman–Crippen LogP) is 4.64. The van der Waals surface area contributed by atoms with E-state index >= 15 is 0 Å². The molecule has 0 saturated heterocycles. The molecule has 0 bridgehead atoms. The normalized spacial score (nSPS) is 10.5. The van der Waals surface area contributed by atoms with Crippen molar-refractivity contribution in [2.45, 2.75) is 19.4 Å². The van der Waals surface area contributed by atoms with Crippen LogP contribution in [0.25, 0.3) is 10.6 Å². The number of benzene rings is 2. The zero-order chi connectivity index (χ0) is 19.9. The van der Waals surface area contributed by atoms with Crippen molar-refractivity contribution in [3.63, 3.8) is 0 Å². The molecule has 2 aromatic carbocycles. The molecule has 5 nitrogen and oxygen atoms in total. The number of thiazole rings is 1. The highest BCUT2D eigenvalue weighted by atomic mass is 32.1. The first-order valence-electron chi connectivity index (χ1n) is 8.66. The molecule has 0 aliphatic rings. The van der Waals surface area contributed by atoms with E-state index in [-0.39, 0.29) is 24.8 Å². The molecule has 3 rings (SSSR count). The van der Waals surface area contributed by atoms with E-state index in [0.717, 1.165) is 10.6 Å². The molecule has 0 saturated carbocycles. The third-order valence-electron chi connectivity index (χ3n) is 4.12. The molecule has 0 fully saturated rings. The molecule has 0 aliphatic carbocycles. The number of hydrogen-bond acceptors (Lipinski definition) is 6. The van der Waals surface area contributed by atoms with Crippen LogP contribution in [-0.2, 0) is 22.6 Å². The summed E-state index contributed by atoms with van der Waals surface area (Å²) in [6, 6.07) is 12.0. The summed E-state index contributed by atoms with van der Waals surface area (Å²) in [5, 5.41) is 2.63. The van der Waals surface area contributed by atoms with Gasteiger partial charge >= 0.3 is 5.97 Å². The minimum atomic E-state index is -0.385. The number of methoxy groups -OCH3 is 2. The summed E-state index contributed by atoms with van der Waals surface area (Å²) < 4.78 is 29.4. The van der Waals surface area contributed by atoms with Gasteiger partial charge < -0.3 is 14.2 Å². The maximum atomic E-state index is 13.6. The molecule has 0 N–H and O–H groups in total. The molecule has 0 radical (unpaired) electrons. The highest BCUT2D eigenvalue weighted by Crippen LogP contribution is 2.33. The largest absolute Gasteiger partial charge is 0.493 e. The number of aryl methyl sites for hydroxylation is 1. The van der Waals surface area contributed by atoms with Crippen LogP contribution in [0.2, 0.25) is 0 Å². The Labute approximate surface area is 166 Å². The van der Waals surface area contributed by atoms with Crippen molar-refractivity contribution < 1.29 is 23.4 Å². The molecular weight excluding hydrogens is 381 g/mol. The zero-order valence-corrected chi connectivity index (χ0v) is 16.4. The van der Waals surface area contributed by atoms with Gasteiger partial charge in [-0.05, 0) is 36.2 Å². The number of ether oxygens (including phenoxy) is 3. The van der Waals surface area contributed by atoms with Crippen molar-refractivity contribution in [2.24, 2.45) is 0 Å². The summed E-state index contributed by atoms with van der Waals surface area (Å²) in [6.45, 7) is 0.0832. The number of nitrogens with zero attached hydrogens (tertiary/aromatic N) is 1. The van der Waals surface area contributed by atoms with E-state index in [1.165, 1.54) is 17.4 Å². The van der Waals surface area contributed by atoms with Gasteiger partial charge in [-0.1, -0.05) is 18.2 Å². The fourth-order valence-electron chi connectivity index (χ4n) is 2.64. The lowest BCUT2D eigenvalue weighted by Crippen LogP contribution is -2.06. The van der Waals surface area contributed by atoms with Gasteiger partial charge in [-0.2, -0.15) is 0 Å². The molecule has 1 heterocycles. The van der Waals surface area contributed by atoms with E-state index in [9.17, 15) is 9.18 Å². The average molecular weight is 401 g/mol. The summed E-state index contributed by atoms with van der Waals surface area (Å²) in [7, 11) is 3.16. The number of halogens is 1. The molecule has 7 heteroatoms. The van der Waals surface area contributed by atoms with Crippen LogP contribution < -0.4 is 9.47 Å². The Kier molecular flexibility index (Phi) is 6.60. The third kappa shape index (κ3) is 4.86. The van der Waals surface area contributed by atoms with E-state index in [1.54, 1.807) is 32.4 Å². The number of esters is 1. The van der Waals surface area contributed by atoms with Gasteiger partial charge in [0.2, 0.25) is 0 Å². The maximum Gasteiger partial charge on any atom is 0.306 e. The summed E-state index contributed by atoms with van der Waals surface area (Å²) in [5.74, 6) is 0.571. The number of aromatic nitrogens is 1. The molecule has 0 spiro atoms. The molecular formula is C21H20FNO4S. The minimum Gasteiger partial charge on any atom is -0.493 e. The van der Waals surface area contributed by atoms with E-state index in [1.807, 2.05) is 23.6 Å². The number of hydrogen-bond donors (Lipinski definition) is 0. The molecule has 0 atom stereocenters. The smallest absolute Gasteiger partial charge is 0.306 e. The van der Waals surface area contributed by atoms with Gasteiger partial charge in [0.05, 0.1) is 19.9 Å². The molecule has 0 amide bonds. The van der Waals surface area contributed by atoms with Crippen LogP contribution in [0.3, 0.4) is 0 Å². The fraction of sp³-hybridized carbons (Fsp3) is 0.238. The van der Waals surface area contributed by atoms with Crippen LogP contribution in [0.5, 0.6) is 11.5 Å². The second kappa shape index (κ2) is 9.32. The first kappa shape index (κ1) is 19.8. The minimum absolute atomic E-state index is 0.0832. The topological polar surface area (TPSA) is 57.7 Å². The quantitative estimate of drug-likeness (QED) is 0.515. The maximum absolute atomic E-state index is 13.6. The Morgan fingerprint density at radius 2 is 1.89 bits per heavy atom. The van der Waals surface area contributed by atoms with Crippen LogP contribution in [0.4, 0.5) is 4.39 Å². The fourth-order valence-corrected chi connectivity index (χ4v) is 3.44. The lowest BCUT2D eigenvalue weighted by molar-refractivity contribution is -0.145. The lowest BCUT2D eigenvalue weighted by Gasteiger charge is -2.08. The van der Waals surface area contributed by atoms with Crippen molar-refractivity contribution in [3.05, 3.63) is 64.9 Å². The van der Waals surface area contributed by atoms with Gasteiger partial charge in [0.15, 0.2) is 11.5 Å². The molecule has 3 aromatic rings. The summed E-state index contributed by atoms with van der Waals surface area (Å²) in [6.07, 6.45) is 0.424. The van der Waals surface area contributed by atoms with E-state index in [4.69, 9.17) is 14.2 Å². The van der Waals surface area contributed by atoms with Gasteiger partial charge in [-0.15, -0.1) is 11.3 Å². The number of carbonyl (C=O) groups excluding carboxylic acids is 1. The van der Waals surface area contributed by atoms with Crippen LogP contribution in [0.1, 0.15) is 17.7 Å². The van der Waals surface area contributed by atoms with Crippen LogP contribution in [-0.4, -0.2) is 25.2 Å². The number of rotatable bonds is 8. The Morgan fingerprint density at radius 1 is 1.11 bits per heavy atom. The highest BCUT2D eigenvalue weighted by molar-refractivity contribution is 7.13. The van der Waals surface area contributed by atoms with Gasteiger partial charge in [0, 0.05) is 17.4 Å². The Morgan fingerprint density at radius 3 is 2.64 bits per heavy atom. The van der Waals surface area contributed by atoms with Crippen molar-refractivity contribution in [3.8, 4) is 22.1 Å². The first-order chi connectivity index (χ1) is 13.6.